The van der Waals surface area contributed by atoms with E-state index in [1.54, 1.807) is 30.3 Å². The summed E-state index contributed by atoms with van der Waals surface area (Å²) >= 11 is 0. The normalized spacial score (nSPS) is 14.0. The largest absolute Gasteiger partial charge is 0.416 e. The second-order valence-corrected chi connectivity index (χ2v) is 7.95. The summed E-state index contributed by atoms with van der Waals surface area (Å²) in [5.74, 6) is -2.57. The van der Waals surface area contributed by atoms with E-state index < -0.39 is 57.7 Å². The van der Waals surface area contributed by atoms with Gasteiger partial charge in [0.1, 0.15) is 6.04 Å². The van der Waals surface area contributed by atoms with Crippen LogP contribution in [0.2, 0.25) is 0 Å². The molecule has 0 aliphatic heterocycles. The Kier molecular flexibility index (Phi) is 7.47. The summed E-state index contributed by atoms with van der Waals surface area (Å²) in [4.78, 5) is 24.4. The highest BCUT2D eigenvalue weighted by Crippen LogP contribution is 2.36. The maximum atomic E-state index is 13.0. The number of carbonyl (C=O) groups excluding carboxylic acids is 2. The molecule has 0 spiro atoms. The molecule has 0 heterocycles. The zero-order valence-corrected chi connectivity index (χ0v) is 16.4. The van der Waals surface area contributed by atoms with Crippen molar-refractivity contribution < 1.29 is 40.1 Å². The van der Waals surface area contributed by atoms with E-state index in [1.807, 2.05) is 5.32 Å². The van der Waals surface area contributed by atoms with Crippen LogP contribution in [0.25, 0.3) is 0 Å². The number of carbonyl (C=O) groups is 2. The third-order valence-electron chi connectivity index (χ3n) is 4.10. The Bertz CT molecular complexity index is 945. The number of nitrogens with two attached hydrogens (primary N) is 1. The number of alkyl halides is 6. The second kappa shape index (κ2) is 9.50. The van der Waals surface area contributed by atoms with Crippen LogP contribution in [-0.4, -0.2) is 27.8 Å². The average Bonchev–Trinajstić information content (AvgIpc) is 2.69. The highest BCUT2D eigenvalue weighted by atomic mass is 32.2. The van der Waals surface area contributed by atoms with Crippen LogP contribution in [0, 0.1) is 0 Å². The van der Waals surface area contributed by atoms with Gasteiger partial charge < -0.3 is 11.1 Å². The lowest BCUT2D eigenvalue weighted by Gasteiger charge is -2.17. The van der Waals surface area contributed by atoms with Crippen LogP contribution in [0.15, 0.2) is 53.4 Å². The Morgan fingerprint density at radius 3 is 1.90 bits per heavy atom. The van der Waals surface area contributed by atoms with Crippen molar-refractivity contribution in [3.63, 3.8) is 0 Å². The molecule has 0 aliphatic carbocycles. The number of benzene rings is 2. The van der Waals surface area contributed by atoms with Crippen molar-refractivity contribution in [3.8, 4) is 0 Å². The summed E-state index contributed by atoms with van der Waals surface area (Å²) in [6.45, 7) is 0. The monoisotopic (exact) mass is 466 g/mol. The fraction of sp³-hybridized carbons (Fsp3) is 0.263. The SMILES string of the molecule is NC(=O)[C@H](CC[S@@](=O)c1ccccc1)NC(=O)c1cc(C(F)(F)F)cc(C(F)(F)F)c1. The van der Waals surface area contributed by atoms with Crippen LogP contribution in [0.1, 0.15) is 27.9 Å². The van der Waals surface area contributed by atoms with Gasteiger partial charge in [-0.05, 0) is 36.8 Å². The van der Waals surface area contributed by atoms with Crippen LogP contribution in [0.4, 0.5) is 26.3 Å². The van der Waals surface area contributed by atoms with Gasteiger partial charge in [0.05, 0.1) is 21.9 Å². The average molecular weight is 466 g/mol. The highest BCUT2D eigenvalue weighted by molar-refractivity contribution is 7.85. The van der Waals surface area contributed by atoms with Crippen molar-refractivity contribution in [2.45, 2.75) is 29.7 Å². The van der Waals surface area contributed by atoms with E-state index in [0.29, 0.717) is 4.90 Å². The number of hydrogen-bond acceptors (Lipinski definition) is 3. The Balaban J connectivity index is 2.22. The standard InChI is InChI=1S/C19H16F6N2O3S/c20-18(21,22)12-8-11(9-13(10-12)19(23,24)25)17(29)27-15(16(26)28)6-7-31(30)14-4-2-1-3-5-14/h1-5,8-10,15H,6-7H2,(H2,26,28)(H,27,29)/t15-,31+/m0/s1. The lowest BCUT2D eigenvalue weighted by Crippen LogP contribution is -2.45. The molecule has 2 aromatic rings. The van der Waals surface area contributed by atoms with Gasteiger partial charge in [-0.15, -0.1) is 0 Å². The molecule has 0 aliphatic rings. The van der Waals surface area contributed by atoms with Gasteiger partial charge in [0.15, 0.2) is 0 Å². The lowest BCUT2D eigenvalue weighted by atomic mass is 10.0. The molecule has 0 aromatic heterocycles. The Labute approximate surface area is 175 Å². The maximum absolute atomic E-state index is 13.0. The molecule has 0 saturated heterocycles. The number of hydrogen-bond donors (Lipinski definition) is 2. The van der Waals surface area contributed by atoms with E-state index >= 15 is 0 Å². The van der Waals surface area contributed by atoms with E-state index in [9.17, 15) is 40.1 Å². The molecule has 0 unspecified atom stereocenters. The molecular weight excluding hydrogens is 450 g/mol. The summed E-state index contributed by atoms with van der Waals surface area (Å²) < 4.78 is 90.0. The van der Waals surface area contributed by atoms with Crippen molar-refractivity contribution in [1.82, 2.24) is 5.32 Å². The molecule has 2 atom stereocenters. The summed E-state index contributed by atoms with van der Waals surface area (Å²) in [6.07, 6.45) is -10.5. The van der Waals surface area contributed by atoms with E-state index in [0.717, 1.165) is 0 Å². The van der Waals surface area contributed by atoms with Crippen molar-refractivity contribution >= 4 is 22.6 Å². The fourth-order valence-electron chi connectivity index (χ4n) is 2.53. The molecule has 5 nitrogen and oxygen atoms in total. The lowest BCUT2D eigenvalue weighted by molar-refractivity contribution is -0.143. The minimum Gasteiger partial charge on any atom is -0.368 e. The van der Waals surface area contributed by atoms with Gasteiger partial charge in [-0.1, -0.05) is 18.2 Å². The first-order valence-electron chi connectivity index (χ1n) is 8.62. The van der Waals surface area contributed by atoms with Gasteiger partial charge in [-0.2, -0.15) is 26.3 Å². The van der Waals surface area contributed by atoms with E-state index in [-0.39, 0.29) is 30.4 Å². The van der Waals surface area contributed by atoms with Crippen LogP contribution < -0.4 is 11.1 Å². The number of halogens is 6. The molecule has 2 amide bonds. The molecular formula is C19H16F6N2O3S. The number of amides is 2. The molecule has 3 N–H and O–H groups in total. The number of rotatable bonds is 7. The van der Waals surface area contributed by atoms with Gasteiger partial charge >= 0.3 is 12.4 Å². The fourth-order valence-corrected chi connectivity index (χ4v) is 3.67. The third-order valence-corrected chi connectivity index (χ3v) is 5.50. The molecule has 31 heavy (non-hydrogen) atoms. The summed E-state index contributed by atoms with van der Waals surface area (Å²) in [7, 11) is -1.57. The summed E-state index contributed by atoms with van der Waals surface area (Å²) in [5.41, 5.74) is 0.881. The molecule has 0 radical (unpaired) electrons. The molecule has 168 valence electrons. The summed E-state index contributed by atoms with van der Waals surface area (Å²) in [6, 6.07) is 6.99. The minimum atomic E-state index is -5.13. The molecule has 2 rings (SSSR count). The van der Waals surface area contributed by atoms with Crippen LogP contribution in [-0.2, 0) is 27.9 Å². The smallest absolute Gasteiger partial charge is 0.368 e. The van der Waals surface area contributed by atoms with Crippen LogP contribution >= 0.6 is 0 Å². The van der Waals surface area contributed by atoms with Crippen molar-refractivity contribution in [1.29, 1.82) is 0 Å². The quantitative estimate of drug-likeness (QED) is 0.613. The number of primary amides is 1. The topological polar surface area (TPSA) is 89.3 Å². The first kappa shape index (κ1) is 24.4. The van der Waals surface area contributed by atoms with Crippen molar-refractivity contribution in [2.24, 2.45) is 5.73 Å². The van der Waals surface area contributed by atoms with Gasteiger partial charge in [0.2, 0.25) is 5.91 Å². The second-order valence-electron chi connectivity index (χ2n) is 6.37. The van der Waals surface area contributed by atoms with Gasteiger partial charge in [-0.25, -0.2) is 0 Å². The maximum Gasteiger partial charge on any atom is 0.416 e. The third kappa shape index (κ3) is 6.81. The molecule has 0 bridgehead atoms. The molecule has 2 aromatic carbocycles. The molecule has 12 heteroatoms. The van der Waals surface area contributed by atoms with E-state index in [4.69, 9.17) is 5.73 Å². The van der Waals surface area contributed by atoms with Crippen molar-refractivity contribution in [3.05, 3.63) is 65.2 Å². The predicted molar refractivity (Wildman–Crippen MR) is 99.2 cm³/mol. The first-order chi connectivity index (χ1) is 14.3. The first-order valence-corrected chi connectivity index (χ1v) is 9.94. The van der Waals surface area contributed by atoms with E-state index in [1.165, 1.54) is 0 Å². The molecule has 0 saturated carbocycles. The summed E-state index contributed by atoms with van der Waals surface area (Å²) in [5, 5.41) is 2.01. The Morgan fingerprint density at radius 1 is 0.935 bits per heavy atom. The molecule has 0 fully saturated rings. The van der Waals surface area contributed by atoms with Gasteiger partial charge in [0, 0.05) is 16.2 Å². The van der Waals surface area contributed by atoms with Gasteiger partial charge in [-0.3, -0.25) is 13.8 Å². The van der Waals surface area contributed by atoms with Gasteiger partial charge in [0.25, 0.3) is 5.91 Å². The van der Waals surface area contributed by atoms with Crippen molar-refractivity contribution in [2.75, 3.05) is 5.75 Å². The zero-order chi connectivity index (χ0) is 23.4. The Morgan fingerprint density at radius 2 is 1.45 bits per heavy atom. The van der Waals surface area contributed by atoms with Crippen LogP contribution in [0.5, 0.6) is 0 Å². The Hall–Kier alpha value is -2.89. The predicted octanol–water partition coefficient (Wildman–Crippen LogP) is 3.51. The zero-order valence-electron chi connectivity index (χ0n) is 15.6. The van der Waals surface area contributed by atoms with Crippen LogP contribution in [0.3, 0.4) is 0 Å². The van der Waals surface area contributed by atoms with E-state index in [2.05, 4.69) is 0 Å². The highest BCUT2D eigenvalue weighted by Gasteiger charge is 2.37. The number of nitrogens with one attached hydrogen (secondary N) is 1. The minimum absolute atomic E-state index is 0.120.